The molecular formula is C13H14BrClN4OS. The van der Waals surface area contributed by atoms with Crippen LogP contribution in [0.25, 0.3) is 11.1 Å². The van der Waals surface area contributed by atoms with Crippen molar-refractivity contribution >= 4 is 44.5 Å². The Hall–Kier alpha value is -1.02. The van der Waals surface area contributed by atoms with Gasteiger partial charge in [0.2, 0.25) is 0 Å². The topological polar surface area (TPSA) is 66.9 Å². The van der Waals surface area contributed by atoms with Crippen LogP contribution in [-0.2, 0) is 11.2 Å². The number of hydrogen-bond donors (Lipinski definition) is 2. The molecule has 0 fully saturated rings. The maximum atomic E-state index is 11.9. The molecule has 0 amide bonds. The zero-order chi connectivity index (χ0) is 15.2. The molecule has 5 nitrogen and oxygen atoms in total. The molecule has 1 unspecified atom stereocenters. The van der Waals surface area contributed by atoms with Crippen LogP contribution in [0.5, 0.6) is 0 Å². The second-order valence-corrected chi connectivity index (χ2v) is 6.46. The summed E-state index contributed by atoms with van der Waals surface area (Å²) < 4.78 is 18.5. The van der Waals surface area contributed by atoms with Gasteiger partial charge in [-0.3, -0.25) is 4.72 Å². The van der Waals surface area contributed by atoms with E-state index < -0.39 is 11.2 Å². The minimum atomic E-state index is -1.43. The lowest BCUT2D eigenvalue weighted by atomic mass is 10.1. The van der Waals surface area contributed by atoms with E-state index in [2.05, 4.69) is 35.3 Å². The Bertz CT molecular complexity index is 639. The number of hydrogen-bond acceptors (Lipinski definition) is 3. The molecule has 0 bridgehead atoms. The van der Waals surface area contributed by atoms with E-state index in [1.54, 1.807) is 0 Å². The fraction of sp³-hybridized carbons (Fsp3) is 0.231. The Morgan fingerprint density at radius 1 is 1.29 bits per heavy atom. The summed E-state index contributed by atoms with van der Waals surface area (Å²) in [5.41, 5.74) is 1.47. The first-order chi connectivity index (χ1) is 10.1. The zero-order valence-electron chi connectivity index (χ0n) is 11.3. The summed E-state index contributed by atoms with van der Waals surface area (Å²) in [7, 11) is 0. The van der Waals surface area contributed by atoms with Crippen molar-refractivity contribution < 1.29 is 4.21 Å². The monoisotopic (exact) mass is 388 g/mol. The molecule has 1 atom stereocenters. The van der Waals surface area contributed by atoms with Crippen LogP contribution in [0.4, 0.5) is 5.82 Å². The van der Waals surface area contributed by atoms with Crippen LogP contribution in [0.2, 0.25) is 5.15 Å². The van der Waals surface area contributed by atoms with E-state index in [1.165, 1.54) is 6.33 Å². The number of rotatable bonds is 6. The van der Waals surface area contributed by atoms with Crippen molar-refractivity contribution in [3.05, 3.63) is 40.2 Å². The first kappa shape index (κ1) is 16.4. The Morgan fingerprint density at radius 2 is 2.00 bits per heavy atom. The van der Waals surface area contributed by atoms with Crippen LogP contribution in [-0.4, -0.2) is 20.7 Å². The Morgan fingerprint density at radius 3 is 2.67 bits per heavy atom. The Labute approximate surface area is 139 Å². The van der Waals surface area contributed by atoms with Crippen LogP contribution in [0.15, 0.2) is 35.1 Å². The molecule has 2 aromatic rings. The van der Waals surface area contributed by atoms with Gasteiger partial charge in [0.05, 0.1) is 5.56 Å². The van der Waals surface area contributed by atoms with Crippen LogP contribution in [0.1, 0.15) is 13.3 Å². The van der Waals surface area contributed by atoms with Crippen molar-refractivity contribution in [1.82, 2.24) is 14.7 Å². The molecule has 1 aromatic carbocycles. The summed E-state index contributed by atoms with van der Waals surface area (Å²) in [6.45, 7) is 2.64. The number of nitrogens with zero attached hydrogens (tertiary/aromatic N) is 2. The fourth-order valence-corrected chi connectivity index (χ4v) is 2.93. The van der Waals surface area contributed by atoms with Gasteiger partial charge in [-0.2, -0.15) is 0 Å². The van der Waals surface area contributed by atoms with E-state index in [4.69, 9.17) is 11.6 Å². The average Bonchev–Trinajstić information content (AvgIpc) is 2.47. The van der Waals surface area contributed by atoms with Gasteiger partial charge in [-0.15, -0.1) is 0 Å². The van der Waals surface area contributed by atoms with Gasteiger partial charge >= 0.3 is 0 Å². The van der Waals surface area contributed by atoms with E-state index in [0.29, 0.717) is 23.1 Å². The molecule has 0 aliphatic heterocycles. The highest BCUT2D eigenvalue weighted by Gasteiger charge is 2.14. The molecule has 0 saturated heterocycles. The molecule has 8 heteroatoms. The summed E-state index contributed by atoms with van der Waals surface area (Å²) in [6, 6.07) is 7.58. The Kier molecular flexibility index (Phi) is 6.10. The van der Waals surface area contributed by atoms with Crippen molar-refractivity contribution in [2.45, 2.75) is 13.3 Å². The van der Waals surface area contributed by atoms with Gasteiger partial charge < -0.3 is 0 Å². The van der Waals surface area contributed by atoms with E-state index in [9.17, 15) is 4.21 Å². The van der Waals surface area contributed by atoms with Gasteiger partial charge in [-0.1, -0.05) is 46.6 Å². The molecule has 1 aromatic heterocycles. The minimum Gasteiger partial charge on any atom is -0.276 e. The van der Waals surface area contributed by atoms with Crippen molar-refractivity contribution in [2.75, 3.05) is 11.3 Å². The van der Waals surface area contributed by atoms with Crippen molar-refractivity contribution in [1.29, 1.82) is 0 Å². The summed E-state index contributed by atoms with van der Waals surface area (Å²) in [5, 5.41) is 0.308. The number of anilines is 1. The lowest BCUT2D eigenvalue weighted by Gasteiger charge is -2.12. The molecule has 112 valence electrons. The normalized spacial score (nSPS) is 12.1. The zero-order valence-corrected chi connectivity index (χ0v) is 14.4. The van der Waals surface area contributed by atoms with Crippen LogP contribution >= 0.6 is 27.5 Å². The number of nitrogens with one attached hydrogen (secondary N) is 2. The third-order valence-electron chi connectivity index (χ3n) is 2.61. The lowest BCUT2D eigenvalue weighted by molar-refractivity contribution is 0.674. The molecule has 2 rings (SSSR count). The SMILES string of the molecule is CCCNS(=O)Nc1ncnc(Cl)c1-c1ccc(Br)cc1. The molecule has 2 N–H and O–H groups in total. The number of halogens is 2. The number of aromatic nitrogens is 2. The highest BCUT2D eigenvalue weighted by molar-refractivity contribution is 9.10. The van der Waals surface area contributed by atoms with Gasteiger partial charge in [-0.05, 0) is 24.1 Å². The molecule has 0 spiro atoms. The Balaban J connectivity index is 2.32. The lowest BCUT2D eigenvalue weighted by Crippen LogP contribution is -2.24. The van der Waals surface area contributed by atoms with Gasteiger partial charge in [0, 0.05) is 11.0 Å². The highest BCUT2D eigenvalue weighted by Crippen LogP contribution is 2.32. The minimum absolute atomic E-state index is 0.308. The summed E-state index contributed by atoms with van der Waals surface area (Å²) >= 11 is 8.13. The highest BCUT2D eigenvalue weighted by atomic mass is 79.9. The standard InChI is InChI=1S/C13H14BrClN4OS/c1-2-7-18-21(20)19-13-11(12(15)16-8-17-13)9-3-5-10(14)6-4-9/h3-6,8,18H,2,7H2,1H3,(H,16,17,19). The van der Waals surface area contributed by atoms with Crippen molar-refractivity contribution in [3.63, 3.8) is 0 Å². The van der Waals surface area contributed by atoms with Gasteiger partial charge in [0.25, 0.3) is 0 Å². The third kappa shape index (κ3) is 4.47. The van der Waals surface area contributed by atoms with E-state index in [-0.39, 0.29) is 0 Å². The first-order valence-corrected chi connectivity index (χ1v) is 8.62. The quantitative estimate of drug-likeness (QED) is 0.742. The van der Waals surface area contributed by atoms with Crippen molar-refractivity contribution in [2.24, 2.45) is 0 Å². The van der Waals surface area contributed by atoms with Crippen LogP contribution in [0, 0.1) is 0 Å². The molecule has 0 radical (unpaired) electrons. The van der Waals surface area contributed by atoms with Crippen molar-refractivity contribution in [3.8, 4) is 11.1 Å². The molecule has 0 aliphatic carbocycles. The third-order valence-corrected chi connectivity index (χ3v) is 4.27. The van der Waals surface area contributed by atoms with E-state index >= 15 is 0 Å². The summed E-state index contributed by atoms with van der Waals surface area (Å²) in [6.07, 6.45) is 2.22. The molecular weight excluding hydrogens is 376 g/mol. The van der Waals surface area contributed by atoms with Gasteiger partial charge in [-0.25, -0.2) is 18.9 Å². The van der Waals surface area contributed by atoms with E-state index in [1.807, 2.05) is 31.2 Å². The average molecular weight is 390 g/mol. The predicted octanol–water partition coefficient (Wildman–Crippen LogP) is 3.55. The largest absolute Gasteiger partial charge is 0.276 e. The maximum Gasteiger partial charge on any atom is 0.194 e. The van der Waals surface area contributed by atoms with E-state index in [0.717, 1.165) is 16.5 Å². The molecule has 1 heterocycles. The fourth-order valence-electron chi connectivity index (χ4n) is 1.63. The second kappa shape index (κ2) is 7.84. The smallest absolute Gasteiger partial charge is 0.194 e. The van der Waals surface area contributed by atoms with Crippen LogP contribution < -0.4 is 9.44 Å². The molecule has 0 saturated carbocycles. The first-order valence-electron chi connectivity index (χ1n) is 6.30. The summed E-state index contributed by atoms with van der Waals surface area (Å²) in [4.78, 5) is 8.13. The number of benzene rings is 1. The predicted molar refractivity (Wildman–Crippen MR) is 90.2 cm³/mol. The van der Waals surface area contributed by atoms with Gasteiger partial charge in [0.1, 0.15) is 11.5 Å². The van der Waals surface area contributed by atoms with Gasteiger partial charge in [0.15, 0.2) is 17.0 Å². The summed E-state index contributed by atoms with van der Waals surface area (Å²) in [5.74, 6) is 0.430. The second-order valence-electron chi connectivity index (χ2n) is 4.16. The molecule has 0 aliphatic rings. The molecule has 21 heavy (non-hydrogen) atoms. The maximum absolute atomic E-state index is 11.9. The van der Waals surface area contributed by atoms with Crippen LogP contribution in [0.3, 0.4) is 0 Å².